The Morgan fingerprint density at radius 1 is 1.33 bits per heavy atom. The number of hydrogen-bond donors (Lipinski definition) is 1. The summed E-state index contributed by atoms with van der Waals surface area (Å²) in [5.41, 5.74) is 1.57. The number of aryl methyl sites for hydroxylation is 1. The Hall–Kier alpha value is -1.85. The summed E-state index contributed by atoms with van der Waals surface area (Å²) in [5.74, 6) is 0.710. The minimum Gasteiger partial charge on any atom is -0.469 e. The van der Waals surface area contributed by atoms with Crippen molar-refractivity contribution in [1.29, 1.82) is 0 Å². The number of pyridine rings is 1. The lowest BCUT2D eigenvalue weighted by atomic mass is 10.1. The molecule has 1 aliphatic rings. The Morgan fingerprint density at radius 3 is 2.92 bits per heavy atom. The first kappa shape index (κ1) is 18.5. The molecule has 0 saturated carbocycles. The van der Waals surface area contributed by atoms with E-state index in [0.717, 1.165) is 38.0 Å². The van der Waals surface area contributed by atoms with Gasteiger partial charge in [-0.2, -0.15) is 0 Å². The Morgan fingerprint density at radius 2 is 2.21 bits per heavy atom. The summed E-state index contributed by atoms with van der Waals surface area (Å²) in [6.07, 6.45) is 6.42. The molecule has 2 aromatic heterocycles. The van der Waals surface area contributed by atoms with Crippen LogP contribution >= 0.6 is 12.4 Å². The van der Waals surface area contributed by atoms with Crippen molar-refractivity contribution in [2.75, 3.05) is 13.1 Å². The number of amides is 1. The molecule has 1 unspecified atom stereocenters. The smallest absolute Gasteiger partial charge is 0.257 e. The minimum atomic E-state index is 0. The van der Waals surface area contributed by atoms with Gasteiger partial charge in [-0.1, -0.05) is 6.07 Å². The molecule has 0 aromatic carbocycles. The number of nitrogens with one attached hydrogen (secondary N) is 1. The van der Waals surface area contributed by atoms with Gasteiger partial charge in [0.05, 0.1) is 24.1 Å². The summed E-state index contributed by atoms with van der Waals surface area (Å²) < 4.78 is 5.32. The van der Waals surface area contributed by atoms with Crippen LogP contribution in [0.3, 0.4) is 0 Å². The molecule has 3 rings (SSSR count). The largest absolute Gasteiger partial charge is 0.469 e. The molecule has 0 radical (unpaired) electrons. The second-order valence-electron chi connectivity index (χ2n) is 5.98. The molecule has 1 aliphatic heterocycles. The molecule has 3 heterocycles. The first-order chi connectivity index (χ1) is 11.3. The van der Waals surface area contributed by atoms with Gasteiger partial charge >= 0.3 is 0 Å². The molecular formula is C18H24ClN3O2. The van der Waals surface area contributed by atoms with Crippen molar-refractivity contribution in [3.63, 3.8) is 0 Å². The number of hydrogen-bond acceptors (Lipinski definition) is 4. The third kappa shape index (κ3) is 4.36. The zero-order valence-electron chi connectivity index (χ0n) is 13.9. The summed E-state index contributed by atoms with van der Waals surface area (Å²) >= 11 is 0. The van der Waals surface area contributed by atoms with E-state index < -0.39 is 0 Å². The first-order valence-corrected chi connectivity index (χ1v) is 8.21. The average Bonchev–Trinajstić information content (AvgIpc) is 2.84. The Balaban J connectivity index is 0.00000208. The van der Waals surface area contributed by atoms with Gasteiger partial charge in [0, 0.05) is 12.2 Å². The maximum absolute atomic E-state index is 13.1. The Kier molecular flexibility index (Phi) is 6.82. The van der Waals surface area contributed by atoms with Crippen molar-refractivity contribution in [2.45, 2.75) is 38.8 Å². The highest BCUT2D eigenvalue weighted by Crippen LogP contribution is 2.21. The van der Waals surface area contributed by atoms with E-state index in [9.17, 15) is 4.79 Å². The molecule has 0 aliphatic carbocycles. The van der Waals surface area contributed by atoms with Crippen molar-refractivity contribution in [3.05, 3.63) is 53.7 Å². The average molecular weight is 350 g/mol. The van der Waals surface area contributed by atoms with Crippen LogP contribution in [0.25, 0.3) is 0 Å². The Labute approximate surface area is 148 Å². The van der Waals surface area contributed by atoms with Gasteiger partial charge in [-0.05, 0) is 57.5 Å². The van der Waals surface area contributed by atoms with Gasteiger partial charge in [0.1, 0.15) is 5.76 Å². The molecule has 1 fully saturated rings. The molecule has 0 spiro atoms. The van der Waals surface area contributed by atoms with Crippen LogP contribution in [0.2, 0.25) is 0 Å². The quantitative estimate of drug-likeness (QED) is 0.921. The summed E-state index contributed by atoms with van der Waals surface area (Å²) in [7, 11) is 0. The van der Waals surface area contributed by atoms with Crippen molar-refractivity contribution >= 4 is 18.3 Å². The predicted octanol–water partition coefficient (Wildman–Crippen LogP) is 3.19. The van der Waals surface area contributed by atoms with E-state index in [2.05, 4.69) is 10.3 Å². The van der Waals surface area contributed by atoms with E-state index >= 15 is 0 Å². The molecule has 1 N–H and O–H groups in total. The van der Waals surface area contributed by atoms with Gasteiger partial charge in [-0.25, -0.2) is 0 Å². The van der Waals surface area contributed by atoms with Crippen LogP contribution in [-0.4, -0.2) is 34.9 Å². The van der Waals surface area contributed by atoms with Crippen LogP contribution < -0.4 is 5.32 Å². The number of carbonyl (C=O) groups is 1. The van der Waals surface area contributed by atoms with E-state index in [4.69, 9.17) is 4.42 Å². The van der Waals surface area contributed by atoms with Crippen molar-refractivity contribution in [1.82, 2.24) is 15.2 Å². The molecule has 0 bridgehead atoms. The highest BCUT2D eigenvalue weighted by Gasteiger charge is 2.27. The molecule has 6 heteroatoms. The van der Waals surface area contributed by atoms with Gasteiger partial charge in [-0.3, -0.25) is 9.78 Å². The van der Waals surface area contributed by atoms with Crippen molar-refractivity contribution in [3.8, 4) is 0 Å². The van der Waals surface area contributed by atoms with Crippen LogP contribution in [0.5, 0.6) is 0 Å². The number of aromatic nitrogens is 1. The molecule has 5 nitrogen and oxygen atoms in total. The summed E-state index contributed by atoms with van der Waals surface area (Å²) in [6.45, 7) is 4.34. The lowest BCUT2D eigenvalue weighted by Crippen LogP contribution is -2.40. The number of carbonyl (C=O) groups excluding carboxylic acids is 1. The van der Waals surface area contributed by atoms with Crippen LogP contribution in [0.15, 0.2) is 41.1 Å². The lowest BCUT2D eigenvalue weighted by Gasteiger charge is -2.31. The summed E-state index contributed by atoms with van der Waals surface area (Å²) in [6, 6.07) is 7.82. The highest BCUT2D eigenvalue weighted by molar-refractivity contribution is 5.95. The third-order valence-electron chi connectivity index (χ3n) is 4.39. The molecule has 1 atom stereocenters. The van der Waals surface area contributed by atoms with Crippen LogP contribution in [-0.2, 0) is 6.54 Å². The zero-order chi connectivity index (χ0) is 16.1. The highest BCUT2D eigenvalue weighted by atomic mass is 35.5. The molecule has 24 heavy (non-hydrogen) atoms. The van der Waals surface area contributed by atoms with Crippen molar-refractivity contribution < 1.29 is 9.21 Å². The van der Waals surface area contributed by atoms with Crippen LogP contribution in [0.1, 0.15) is 41.1 Å². The maximum Gasteiger partial charge on any atom is 0.257 e. The van der Waals surface area contributed by atoms with Gasteiger partial charge in [0.2, 0.25) is 0 Å². The van der Waals surface area contributed by atoms with Gasteiger partial charge < -0.3 is 14.6 Å². The molecule has 1 saturated heterocycles. The van der Waals surface area contributed by atoms with Gasteiger partial charge in [-0.15, -0.1) is 12.4 Å². The first-order valence-electron chi connectivity index (χ1n) is 8.21. The second kappa shape index (κ2) is 8.85. The minimum absolute atomic E-state index is 0. The van der Waals surface area contributed by atoms with E-state index in [0.29, 0.717) is 17.9 Å². The maximum atomic E-state index is 13.1. The standard InChI is InChI=1S/C18H23N3O2.ClH/c1-14-17(8-12-23-14)18(22)21(13-15-5-2-3-10-20-15)16-6-4-9-19-11-7-16;/h2-3,5,8,10,12,16,19H,4,6-7,9,11,13H2,1H3;1H. The topological polar surface area (TPSA) is 58.4 Å². The van der Waals surface area contributed by atoms with E-state index in [-0.39, 0.29) is 24.4 Å². The molecule has 1 amide bonds. The fourth-order valence-electron chi connectivity index (χ4n) is 3.11. The summed E-state index contributed by atoms with van der Waals surface area (Å²) in [4.78, 5) is 19.4. The van der Waals surface area contributed by atoms with E-state index in [1.165, 1.54) is 0 Å². The summed E-state index contributed by atoms with van der Waals surface area (Å²) in [5, 5.41) is 3.41. The Bertz CT molecular complexity index is 637. The zero-order valence-corrected chi connectivity index (χ0v) is 14.7. The predicted molar refractivity (Wildman–Crippen MR) is 95.3 cm³/mol. The SMILES string of the molecule is Cc1occc1C(=O)N(Cc1ccccn1)C1CCCNCC1.Cl. The number of halogens is 1. The molecular weight excluding hydrogens is 326 g/mol. The normalized spacial score (nSPS) is 17.6. The third-order valence-corrected chi connectivity index (χ3v) is 4.39. The molecule has 130 valence electrons. The lowest BCUT2D eigenvalue weighted by molar-refractivity contribution is 0.0640. The van der Waals surface area contributed by atoms with Gasteiger partial charge in [0.25, 0.3) is 5.91 Å². The fraction of sp³-hybridized carbons (Fsp3) is 0.444. The number of rotatable bonds is 4. The number of nitrogens with zero attached hydrogens (tertiary/aromatic N) is 2. The molecule has 2 aromatic rings. The van der Waals surface area contributed by atoms with E-state index in [1.807, 2.05) is 30.0 Å². The van der Waals surface area contributed by atoms with Crippen LogP contribution in [0, 0.1) is 6.92 Å². The number of furan rings is 1. The monoisotopic (exact) mass is 349 g/mol. The van der Waals surface area contributed by atoms with Gasteiger partial charge in [0.15, 0.2) is 0 Å². The second-order valence-corrected chi connectivity index (χ2v) is 5.98. The fourth-order valence-corrected chi connectivity index (χ4v) is 3.11. The van der Waals surface area contributed by atoms with E-state index in [1.54, 1.807) is 18.5 Å². The van der Waals surface area contributed by atoms with Crippen LogP contribution in [0.4, 0.5) is 0 Å². The van der Waals surface area contributed by atoms with Crippen molar-refractivity contribution in [2.24, 2.45) is 0 Å².